The lowest BCUT2D eigenvalue weighted by atomic mass is 9.71. The van der Waals surface area contributed by atoms with Crippen LogP contribution in [0.5, 0.6) is 0 Å². The number of esters is 1. The van der Waals surface area contributed by atoms with Crippen molar-refractivity contribution in [2.24, 2.45) is 5.92 Å². The molecule has 1 saturated carbocycles. The van der Waals surface area contributed by atoms with Crippen molar-refractivity contribution in [3.05, 3.63) is 11.6 Å². The van der Waals surface area contributed by atoms with Gasteiger partial charge < -0.3 is 9.47 Å². The highest BCUT2D eigenvalue weighted by atomic mass is 16.6. The lowest BCUT2D eigenvalue weighted by Crippen LogP contribution is -2.57. The number of hydrogen-bond acceptors (Lipinski definition) is 4. The monoisotopic (exact) mass is 321 g/mol. The second-order valence-corrected chi connectivity index (χ2v) is 8.00. The molecule has 2 aliphatic heterocycles. The van der Waals surface area contributed by atoms with E-state index in [1.165, 1.54) is 13.5 Å². The fraction of sp³-hybridized carbons (Fsp3) is 0.778. The molecule has 1 saturated heterocycles. The molecule has 0 aromatic heterocycles. The number of rotatable bonds is 1. The number of carbonyl (C=O) groups excluding carboxylic acids is 2. The van der Waals surface area contributed by atoms with E-state index < -0.39 is 5.60 Å². The van der Waals surface area contributed by atoms with Gasteiger partial charge in [-0.1, -0.05) is 18.9 Å². The van der Waals surface area contributed by atoms with Gasteiger partial charge >= 0.3 is 12.1 Å². The Labute approximate surface area is 138 Å². The normalized spacial score (nSPS) is 32.9. The van der Waals surface area contributed by atoms with Crippen molar-refractivity contribution < 1.29 is 19.1 Å². The van der Waals surface area contributed by atoms with Gasteiger partial charge in [0.15, 0.2) is 0 Å². The van der Waals surface area contributed by atoms with Crippen molar-refractivity contribution in [3.63, 3.8) is 0 Å². The Kier molecular flexibility index (Phi) is 3.93. The summed E-state index contributed by atoms with van der Waals surface area (Å²) >= 11 is 0. The van der Waals surface area contributed by atoms with E-state index in [0.29, 0.717) is 11.5 Å². The van der Waals surface area contributed by atoms with Gasteiger partial charge in [0.05, 0.1) is 24.3 Å². The number of amides is 1. The molecule has 3 rings (SSSR count). The summed E-state index contributed by atoms with van der Waals surface area (Å²) in [4.78, 5) is 26.9. The Hall–Kier alpha value is -1.52. The molecule has 0 unspecified atom stereocenters. The lowest BCUT2D eigenvalue weighted by molar-refractivity contribution is -0.137. The molecule has 0 radical (unpaired) electrons. The van der Waals surface area contributed by atoms with Crippen LogP contribution in [0.2, 0.25) is 0 Å². The van der Waals surface area contributed by atoms with E-state index >= 15 is 0 Å². The molecule has 2 heterocycles. The second-order valence-electron chi connectivity index (χ2n) is 8.00. The van der Waals surface area contributed by atoms with Crippen LogP contribution in [0.1, 0.15) is 59.3 Å². The summed E-state index contributed by atoms with van der Waals surface area (Å²) < 4.78 is 10.6. The average Bonchev–Trinajstić information content (AvgIpc) is 2.70. The predicted octanol–water partition coefficient (Wildman–Crippen LogP) is 3.43. The molecule has 5 nitrogen and oxygen atoms in total. The highest BCUT2D eigenvalue weighted by Gasteiger charge is 2.59. The van der Waals surface area contributed by atoms with Crippen LogP contribution in [-0.2, 0) is 14.3 Å². The minimum absolute atomic E-state index is 0.164. The molecule has 0 N–H and O–H groups in total. The smallest absolute Gasteiger partial charge is 0.411 e. The summed E-state index contributed by atoms with van der Waals surface area (Å²) in [5.41, 5.74) is -0.0782. The Morgan fingerprint density at radius 3 is 2.70 bits per heavy atom. The molecule has 128 valence electrons. The fourth-order valence-electron chi connectivity index (χ4n) is 4.65. The molecular formula is C18H27NO4. The molecule has 1 spiro atoms. The average molecular weight is 321 g/mol. The summed E-state index contributed by atoms with van der Waals surface area (Å²) in [6, 6.07) is -0.200. The molecule has 3 aliphatic rings. The first-order valence-electron chi connectivity index (χ1n) is 8.59. The van der Waals surface area contributed by atoms with Crippen LogP contribution in [-0.4, -0.2) is 41.3 Å². The van der Waals surface area contributed by atoms with E-state index in [-0.39, 0.29) is 23.6 Å². The zero-order valence-electron chi connectivity index (χ0n) is 14.6. The summed E-state index contributed by atoms with van der Waals surface area (Å²) in [6.45, 7) is 5.64. The SMILES string of the molecule is COC(=O)C1=CC[C@]23CCCC[C@@H]2C[C@H]1N3C(=O)OC(C)(C)C. The quantitative estimate of drug-likeness (QED) is 0.694. The first-order chi connectivity index (χ1) is 10.8. The van der Waals surface area contributed by atoms with E-state index in [1.807, 2.05) is 31.7 Å². The van der Waals surface area contributed by atoms with Crippen LogP contribution in [0.4, 0.5) is 4.79 Å². The zero-order chi connectivity index (χ0) is 16.8. The number of carbonyl (C=O) groups is 2. The summed E-state index contributed by atoms with van der Waals surface area (Å²) in [7, 11) is 1.40. The molecule has 0 aromatic rings. The molecule has 3 atom stereocenters. The molecule has 1 amide bonds. The topological polar surface area (TPSA) is 55.8 Å². The third-order valence-electron chi connectivity index (χ3n) is 5.52. The third-order valence-corrected chi connectivity index (χ3v) is 5.52. The highest BCUT2D eigenvalue weighted by Crippen LogP contribution is 2.54. The second kappa shape index (κ2) is 5.53. The van der Waals surface area contributed by atoms with Crippen molar-refractivity contribution in [2.75, 3.05) is 7.11 Å². The van der Waals surface area contributed by atoms with Crippen molar-refractivity contribution in [1.82, 2.24) is 4.90 Å². The van der Waals surface area contributed by atoms with Crippen LogP contribution >= 0.6 is 0 Å². The van der Waals surface area contributed by atoms with Crippen LogP contribution in [0, 0.1) is 5.92 Å². The van der Waals surface area contributed by atoms with Gasteiger partial charge in [-0.3, -0.25) is 4.90 Å². The molecule has 2 fully saturated rings. The van der Waals surface area contributed by atoms with Gasteiger partial charge in [0.2, 0.25) is 0 Å². The highest BCUT2D eigenvalue weighted by molar-refractivity contribution is 5.91. The number of nitrogens with zero attached hydrogens (tertiary/aromatic N) is 1. The van der Waals surface area contributed by atoms with Crippen LogP contribution < -0.4 is 0 Å². The van der Waals surface area contributed by atoms with Gasteiger partial charge in [0, 0.05) is 0 Å². The van der Waals surface area contributed by atoms with E-state index in [0.717, 1.165) is 32.1 Å². The Morgan fingerprint density at radius 2 is 2.04 bits per heavy atom. The fourth-order valence-corrected chi connectivity index (χ4v) is 4.65. The molecular weight excluding hydrogens is 294 g/mol. The molecule has 5 heteroatoms. The lowest BCUT2D eigenvalue weighted by Gasteiger charge is -2.48. The van der Waals surface area contributed by atoms with Crippen LogP contribution in [0.25, 0.3) is 0 Å². The minimum Gasteiger partial charge on any atom is -0.466 e. The van der Waals surface area contributed by atoms with E-state index in [4.69, 9.17) is 9.47 Å². The van der Waals surface area contributed by atoms with Crippen LogP contribution in [0.3, 0.4) is 0 Å². The predicted molar refractivity (Wildman–Crippen MR) is 85.9 cm³/mol. The Bertz CT molecular complexity index is 548. The largest absolute Gasteiger partial charge is 0.466 e. The number of hydrogen-bond donors (Lipinski definition) is 0. The van der Waals surface area contributed by atoms with Gasteiger partial charge in [0.1, 0.15) is 5.60 Å². The maximum atomic E-state index is 12.9. The Balaban J connectivity index is 1.97. The number of ether oxygens (including phenoxy) is 2. The maximum Gasteiger partial charge on any atom is 0.411 e. The van der Waals surface area contributed by atoms with Crippen LogP contribution in [0.15, 0.2) is 11.6 Å². The number of fused-ring (bicyclic) bond motifs is 1. The van der Waals surface area contributed by atoms with Crippen molar-refractivity contribution >= 4 is 12.1 Å². The molecule has 0 aromatic carbocycles. The maximum absolute atomic E-state index is 12.9. The van der Waals surface area contributed by atoms with Gasteiger partial charge in [-0.2, -0.15) is 0 Å². The third kappa shape index (κ3) is 2.64. The van der Waals surface area contributed by atoms with Gasteiger partial charge in [-0.25, -0.2) is 9.59 Å². The van der Waals surface area contributed by atoms with Crippen molar-refractivity contribution in [1.29, 1.82) is 0 Å². The first-order valence-corrected chi connectivity index (χ1v) is 8.59. The Morgan fingerprint density at radius 1 is 1.30 bits per heavy atom. The van der Waals surface area contributed by atoms with E-state index in [9.17, 15) is 9.59 Å². The molecule has 1 aliphatic carbocycles. The zero-order valence-corrected chi connectivity index (χ0v) is 14.6. The molecule has 2 bridgehead atoms. The van der Waals surface area contributed by atoms with Gasteiger partial charge in [-0.15, -0.1) is 0 Å². The van der Waals surface area contributed by atoms with E-state index in [1.54, 1.807) is 0 Å². The summed E-state index contributed by atoms with van der Waals surface area (Å²) in [6.07, 6.45) is 7.75. The first kappa shape index (κ1) is 16.3. The minimum atomic E-state index is -0.538. The van der Waals surface area contributed by atoms with Gasteiger partial charge in [-0.05, 0) is 52.4 Å². The van der Waals surface area contributed by atoms with Gasteiger partial charge in [0.25, 0.3) is 0 Å². The standard InChI is InChI=1S/C18H27NO4/c1-17(2,3)23-16(21)19-14-11-12-7-5-6-9-18(12,19)10-8-13(14)15(20)22-4/h8,12,14H,5-7,9-11H2,1-4H3/t12-,14-,18-/m1/s1. The van der Waals surface area contributed by atoms with Crippen molar-refractivity contribution in [3.8, 4) is 0 Å². The summed E-state index contributed by atoms with van der Waals surface area (Å²) in [5, 5.41) is 0. The van der Waals surface area contributed by atoms with E-state index in [2.05, 4.69) is 0 Å². The van der Waals surface area contributed by atoms with Crippen molar-refractivity contribution in [2.45, 2.75) is 76.5 Å². The molecule has 23 heavy (non-hydrogen) atoms. The summed E-state index contributed by atoms with van der Waals surface area (Å²) in [5.74, 6) is 0.129. The number of methoxy groups -OCH3 is 1.